The molecule has 0 saturated carbocycles. The van der Waals surface area contributed by atoms with E-state index in [2.05, 4.69) is 12.0 Å². The molecule has 2 aliphatic rings. The number of hydrogen-bond donors (Lipinski definition) is 3. The molecule has 0 spiro atoms. The van der Waals surface area contributed by atoms with Crippen molar-refractivity contribution in [3.8, 4) is 35.0 Å². The Morgan fingerprint density at radius 1 is 1.17 bits per heavy atom. The second kappa shape index (κ2) is 5.81. The summed E-state index contributed by atoms with van der Waals surface area (Å²) in [7, 11) is 0. The first kappa shape index (κ1) is 15.7. The van der Waals surface area contributed by atoms with Crippen molar-refractivity contribution in [1.82, 2.24) is 0 Å². The third-order valence-electron chi connectivity index (χ3n) is 5.02. The van der Waals surface area contributed by atoms with Crippen LogP contribution >= 0.6 is 0 Å². The average molecular weight is 328 g/mol. The Kier molecular flexibility index (Phi) is 3.97. The molecule has 0 radical (unpaired) electrons. The molecular formula is C19H18ClNO2. The van der Waals surface area contributed by atoms with Gasteiger partial charge in [-0.1, -0.05) is 24.3 Å². The van der Waals surface area contributed by atoms with Gasteiger partial charge < -0.3 is 27.5 Å². The summed E-state index contributed by atoms with van der Waals surface area (Å²) in [5.41, 5.74) is 5.56. The zero-order chi connectivity index (χ0) is 15.3. The molecular weight excluding hydrogens is 310 g/mol. The summed E-state index contributed by atoms with van der Waals surface area (Å²) in [6.07, 6.45) is 7.40. The highest BCUT2D eigenvalue weighted by Crippen LogP contribution is 2.47. The van der Waals surface area contributed by atoms with Gasteiger partial charge in [0.05, 0.1) is 6.54 Å². The molecule has 1 heterocycles. The second-order valence-electron chi connectivity index (χ2n) is 6.14. The molecule has 1 unspecified atom stereocenters. The summed E-state index contributed by atoms with van der Waals surface area (Å²) >= 11 is 0. The van der Waals surface area contributed by atoms with E-state index in [-0.39, 0.29) is 23.9 Å². The molecule has 118 valence electrons. The van der Waals surface area contributed by atoms with E-state index in [1.54, 1.807) is 6.07 Å². The third kappa shape index (κ3) is 2.26. The minimum Gasteiger partial charge on any atom is -1.00 e. The summed E-state index contributed by atoms with van der Waals surface area (Å²) < 4.78 is 0. The van der Waals surface area contributed by atoms with Crippen LogP contribution in [0.15, 0.2) is 30.3 Å². The van der Waals surface area contributed by atoms with Gasteiger partial charge in [0.2, 0.25) is 0 Å². The van der Waals surface area contributed by atoms with Crippen molar-refractivity contribution >= 4 is 0 Å². The fraction of sp³-hybridized carbons (Fsp3) is 0.263. The van der Waals surface area contributed by atoms with Crippen LogP contribution in [-0.2, 0) is 12.8 Å². The zero-order valence-corrected chi connectivity index (χ0v) is 13.4. The highest BCUT2D eigenvalue weighted by Gasteiger charge is 2.38. The van der Waals surface area contributed by atoms with E-state index in [1.807, 2.05) is 18.2 Å². The molecule has 0 amide bonds. The van der Waals surface area contributed by atoms with Gasteiger partial charge in [0, 0.05) is 24.0 Å². The number of phenolic OH excluding ortho intramolecular Hbond substituents is 2. The number of hydrogen-bond acceptors (Lipinski definition) is 2. The topological polar surface area (TPSA) is 44.9 Å². The van der Waals surface area contributed by atoms with Crippen LogP contribution in [0.4, 0.5) is 0 Å². The highest BCUT2D eigenvalue weighted by molar-refractivity contribution is 5.81. The van der Waals surface area contributed by atoms with Crippen molar-refractivity contribution in [2.24, 2.45) is 0 Å². The summed E-state index contributed by atoms with van der Waals surface area (Å²) in [6.45, 7) is 1.77. The summed E-state index contributed by atoms with van der Waals surface area (Å²) in [4.78, 5) is 1.42. The molecule has 4 rings (SSSR count). The summed E-state index contributed by atoms with van der Waals surface area (Å²) in [5.74, 6) is 2.73. The van der Waals surface area contributed by atoms with E-state index < -0.39 is 0 Å². The first-order valence-electron chi connectivity index (χ1n) is 7.64. The van der Waals surface area contributed by atoms with Crippen LogP contribution < -0.4 is 17.3 Å². The molecule has 2 aromatic carbocycles. The second-order valence-corrected chi connectivity index (χ2v) is 6.14. The normalized spacial score (nSPS) is 20.7. The lowest BCUT2D eigenvalue weighted by molar-refractivity contribution is -0.927. The Morgan fingerprint density at radius 3 is 2.78 bits per heavy atom. The van der Waals surface area contributed by atoms with Gasteiger partial charge in [-0.15, -0.1) is 6.42 Å². The van der Waals surface area contributed by atoms with E-state index in [1.165, 1.54) is 16.0 Å². The van der Waals surface area contributed by atoms with Crippen molar-refractivity contribution in [3.05, 3.63) is 47.0 Å². The predicted molar refractivity (Wildman–Crippen MR) is 84.9 cm³/mol. The Balaban J connectivity index is 0.00000156. The van der Waals surface area contributed by atoms with Gasteiger partial charge >= 0.3 is 0 Å². The van der Waals surface area contributed by atoms with E-state index in [0.29, 0.717) is 6.04 Å². The summed E-state index contributed by atoms with van der Waals surface area (Å²) in [6, 6.07) is 10.1. The maximum atomic E-state index is 10.3. The van der Waals surface area contributed by atoms with Gasteiger partial charge in [0.15, 0.2) is 11.5 Å². The maximum Gasteiger partial charge on any atom is 0.165 e. The van der Waals surface area contributed by atoms with Gasteiger partial charge in [0.1, 0.15) is 12.6 Å². The first-order valence-corrected chi connectivity index (χ1v) is 7.64. The lowest BCUT2D eigenvalue weighted by atomic mass is 9.77. The quantitative estimate of drug-likeness (QED) is 0.438. The molecule has 2 aromatic rings. The van der Waals surface area contributed by atoms with E-state index in [0.717, 1.165) is 42.6 Å². The van der Waals surface area contributed by atoms with Crippen LogP contribution in [0.3, 0.4) is 0 Å². The smallest absolute Gasteiger partial charge is 0.165 e. The van der Waals surface area contributed by atoms with E-state index >= 15 is 0 Å². The Hall–Kier alpha value is -2.15. The summed E-state index contributed by atoms with van der Waals surface area (Å²) in [5, 5.41) is 20.2. The van der Waals surface area contributed by atoms with Crippen LogP contribution in [0.2, 0.25) is 0 Å². The Morgan fingerprint density at radius 2 is 2.00 bits per heavy atom. The lowest BCUT2D eigenvalue weighted by Gasteiger charge is -2.38. The third-order valence-corrected chi connectivity index (χ3v) is 5.02. The molecule has 0 bridgehead atoms. The molecule has 0 fully saturated rings. The zero-order valence-electron chi connectivity index (χ0n) is 12.6. The predicted octanol–water partition coefficient (Wildman–Crippen LogP) is -1.56. The van der Waals surface area contributed by atoms with Crippen LogP contribution in [0, 0.1) is 12.3 Å². The van der Waals surface area contributed by atoms with Crippen molar-refractivity contribution in [2.45, 2.75) is 18.9 Å². The number of phenols is 2. The molecule has 3 N–H and O–H groups in total. The van der Waals surface area contributed by atoms with Gasteiger partial charge in [-0.3, -0.25) is 0 Å². The molecule has 23 heavy (non-hydrogen) atoms. The highest BCUT2D eigenvalue weighted by atomic mass is 35.5. The van der Waals surface area contributed by atoms with Gasteiger partial charge in [-0.05, 0) is 28.7 Å². The molecule has 3 nitrogen and oxygen atoms in total. The van der Waals surface area contributed by atoms with E-state index in [4.69, 9.17) is 6.42 Å². The Labute approximate surface area is 142 Å². The van der Waals surface area contributed by atoms with Crippen molar-refractivity contribution in [3.63, 3.8) is 0 Å². The van der Waals surface area contributed by atoms with Gasteiger partial charge in [-0.2, -0.15) is 0 Å². The SMILES string of the molecule is C#CC[NH+]1CCc2cccc3c2[C@H]1Cc1ccc(O)c(O)c1-3.[Cl-]. The minimum absolute atomic E-state index is 0. The number of benzene rings is 2. The van der Waals surface area contributed by atoms with Crippen molar-refractivity contribution < 1.29 is 27.5 Å². The van der Waals surface area contributed by atoms with Crippen LogP contribution in [-0.4, -0.2) is 23.3 Å². The monoisotopic (exact) mass is 327 g/mol. The molecule has 0 saturated heterocycles. The lowest BCUT2D eigenvalue weighted by Crippen LogP contribution is -3.13. The molecule has 2 atom stereocenters. The van der Waals surface area contributed by atoms with Crippen molar-refractivity contribution in [1.29, 1.82) is 0 Å². The number of aromatic hydroxyl groups is 2. The van der Waals surface area contributed by atoms with Crippen LogP contribution in [0.1, 0.15) is 22.7 Å². The molecule has 1 aliphatic carbocycles. The maximum absolute atomic E-state index is 10.3. The molecule has 0 aromatic heterocycles. The number of quaternary nitrogens is 1. The van der Waals surface area contributed by atoms with E-state index in [9.17, 15) is 10.2 Å². The fourth-order valence-corrected chi connectivity index (χ4v) is 4.04. The van der Waals surface area contributed by atoms with Crippen molar-refractivity contribution in [2.75, 3.05) is 13.1 Å². The first-order chi connectivity index (χ1) is 10.7. The Bertz CT molecular complexity index is 810. The number of fused-ring (bicyclic) bond motifs is 2. The minimum atomic E-state index is -0.0570. The fourth-order valence-electron chi connectivity index (χ4n) is 4.04. The molecule has 4 heteroatoms. The van der Waals surface area contributed by atoms with Gasteiger partial charge in [-0.25, -0.2) is 0 Å². The number of terminal acetylenes is 1. The van der Waals surface area contributed by atoms with Crippen LogP contribution in [0.5, 0.6) is 11.5 Å². The standard InChI is InChI=1S/C19H17NO2.ClH/c1-2-9-20-10-8-12-4-3-5-14-17(12)15(20)11-13-6-7-16(21)19(22)18(13)14;/h1,3-7,15,21-22H,8-11H2;1H/t15-;/m1./s1. The molecule has 1 aliphatic heterocycles. The average Bonchev–Trinajstić information content (AvgIpc) is 2.53. The number of halogens is 1. The number of rotatable bonds is 1. The largest absolute Gasteiger partial charge is 1.00 e. The van der Waals surface area contributed by atoms with Gasteiger partial charge in [0.25, 0.3) is 0 Å². The van der Waals surface area contributed by atoms with Crippen LogP contribution in [0.25, 0.3) is 11.1 Å². The number of nitrogens with one attached hydrogen (secondary N) is 1.